The Balaban J connectivity index is 1.88. The third-order valence-electron chi connectivity index (χ3n) is 4.58. The smallest absolute Gasteiger partial charge is 0.258 e. The minimum Gasteiger partial charge on any atom is -0.495 e. The number of benzene rings is 2. The van der Waals surface area contributed by atoms with E-state index < -0.39 is 5.91 Å². The predicted molar refractivity (Wildman–Crippen MR) is 130 cm³/mol. The van der Waals surface area contributed by atoms with Gasteiger partial charge in [0.05, 0.1) is 25.0 Å². The van der Waals surface area contributed by atoms with E-state index in [1.54, 1.807) is 42.6 Å². The van der Waals surface area contributed by atoms with E-state index in [-0.39, 0.29) is 18.4 Å². The van der Waals surface area contributed by atoms with E-state index >= 15 is 0 Å². The van der Waals surface area contributed by atoms with Gasteiger partial charge in [0, 0.05) is 29.4 Å². The molecule has 0 unspecified atom stereocenters. The summed E-state index contributed by atoms with van der Waals surface area (Å²) in [5.74, 6) is 0.0909. The highest BCUT2D eigenvalue weighted by Gasteiger charge is 2.14. The summed E-state index contributed by atoms with van der Waals surface area (Å²) in [6.07, 6.45) is 1.67. The molecule has 2 amide bonds. The number of aryl methyl sites for hydroxylation is 1. The number of amides is 2. The Labute approximate surface area is 197 Å². The maximum Gasteiger partial charge on any atom is 0.258 e. The number of nitrogens with zero attached hydrogens (tertiary/aromatic N) is 2. The third-order valence-corrected chi connectivity index (χ3v) is 4.82. The average molecular weight is 466 g/mol. The Hall–Kier alpha value is -3.91. The minimum atomic E-state index is -0.408. The molecule has 3 N–H and O–H groups in total. The SMILES string of the molecule is COc1ccc(Cl)cc1NC(=NCc1ccccn1)NC(=O)c1ccc(C)c(NC(C)=O)c1. The van der Waals surface area contributed by atoms with E-state index in [9.17, 15) is 9.59 Å². The van der Waals surface area contributed by atoms with E-state index in [1.807, 2.05) is 25.1 Å². The van der Waals surface area contributed by atoms with Crippen LogP contribution in [0.25, 0.3) is 0 Å². The largest absolute Gasteiger partial charge is 0.495 e. The molecule has 8 nitrogen and oxygen atoms in total. The number of anilines is 2. The number of hydrogen-bond donors (Lipinski definition) is 3. The first-order valence-electron chi connectivity index (χ1n) is 10.1. The van der Waals surface area contributed by atoms with Gasteiger partial charge in [0.15, 0.2) is 0 Å². The van der Waals surface area contributed by atoms with E-state index in [0.717, 1.165) is 11.3 Å². The molecular formula is C24H24ClN5O3. The van der Waals surface area contributed by atoms with Crippen LogP contribution in [0, 0.1) is 6.92 Å². The number of guanidine groups is 1. The fourth-order valence-corrected chi connectivity index (χ4v) is 3.11. The summed E-state index contributed by atoms with van der Waals surface area (Å²) in [6, 6.07) is 15.6. The van der Waals surface area contributed by atoms with Gasteiger partial charge in [-0.25, -0.2) is 4.99 Å². The molecule has 2 aromatic carbocycles. The van der Waals surface area contributed by atoms with Gasteiger partial charge in [0.25, 0.3) is 5.91 Å². The van der Waals surface area contributed by atoms with Crippen molar-refractivity contribution in [1.29, 1.82) is 0 Å². The zero-order valence-corrected chi connectivity index (χ0v) is 19.2. The first kappa shape index (κ1) is 23.7. The monoisotopic (exact) mass is 465 g/mol. The standard InChI is InChI=1S/C24H24ClN5O3/c1-15-7-8-17(12-20(15)28-16(2)31)23(32)30-24(27-14-19-6-4-5-11-26-19)29-21-13-18(25)9-10-22(21)33-3/h4-13H,14H2,1-3H3,(H,28,31)(H2,27,29,30,32). The molecule has 0 atom stereocenters. The molecule has 0 aliphatic rings. The molecule has 9 heteroatoms. The number of aromatic nitrogens is 1. The molecule has 170 valence electrons. The fraction of sp³-hybridized carbons (Fsp3) is 0.167. The number of ether oxygens (including phenoxy) is 1. The summed E-state index contributed by atoms with van der Waals surface area (Å²) in [5.41, 5.74) is 3.02. The Morgan fingerprint density at radius 3 is 2.58 bits per heavy atom. The van der Waals surface area contributed by atoms with Crippen LogP contribution in [-0.4, -0.2) is 29.9 Å². The van der Waals surface area contributed by atoms with Gasteiger partial charge in [-0.2, -0.15) is 0 Å². The first-order chi connectivity index (χ1) is 15.9. The fourth-order valence-electron chi connectivity index (χ4n) is 2.93. The van der Waals surface area contributed by atoms with Gasteiger partial charge in [-0.15, -0.1) is 0 Å². The molecule has 0 radical (unpaired) electrons. The quantitative estimate of drug-likeness (QED) is 0.369. The lowest BCUT2D eigenvalue weighted by atomic mass is 10.1. The lowest BCUT2D eigenvalue weighted by Crippen LogP contribution is -2.36. The second-order valence-corrected chi connectivity index (χ2v) is 7.56. The Morgan fingerprint density at radius 2 is 1.88 bits per heavy atom. The number of carbonyl (C=O) groups is 2. The first-order valence-corrected chi connectivity index (χ1v) is 10.5. The highest BCUT2D eigenvalue weighted by Crippen LogP contribution is 2.27. The van der Waals surface area contributed by atoms with Crippen molar-refractivity contribution in [2.24, 2.45) is 4.99 Å². The maximum atomic E-state index is 13.0. The summed E-state index contributed by atoms with van der Waals surface area (Å²) in [4.78, 5) is 33.2. The number of pyridine rings is 1. The molecule has 33 heavy (non-hydrogen) atoms. The molecular weight excluding hydrogens is 442 g/mol. The lowest BCUT2D eigenvalue weighted by molar-refractivity contribution is -0.114. The molecule has 0 saturated carbocycles. The molecule has 1 aromatic heterocycles. The Kier molecular flexibility index (Phi) is 7.99. The second kappa shape index (κ2) is 11.1. The number of methoxy groups -OCH3 is 1. The molecule has 0 aliphatic heterocycles. The van der Waals surface area contributed by atoms with Gasteiger partial charge in [-0.3, -0.25) is 19.9 Å². The number of rotatable bonds is 6. The van der Waals surface area contributed by atoms with Crippen LogP contribution in [-0.2, 0) is 11.3 Å². The molecule has 0 aliphatic carbocycles. The third kappa shape index (κ3) is 6.78. The van der Waals surface area contributed by atoms with Crippen LogP contribution in [0.5, 0.6) is 5.75 Å². The molecule has 3 rings (SSSR count). The highest BCUT2D eigenvalue weighted by molar-refractivity contribution is 6.31. The van der Waals surface area contributed by atoms with Crippen LogP contribution in [0.4, 0.5) is 11.4 Å². The van der Waals surface area contributed by atoms with Crippen molar-refractivity contribution in [2.45, 2.75) is 20.4 Å². The van der Waals surface area contributed by atoms with Gasteiger partial charge in [-0.1, -0.05) is 23.7 Å². The van der Waals surface area contributed by atoms with Gasteiger partial charge in [0.2, 0.25) is 11.9 Å². The normalized spacial score (nSPS) is 11.0. The van der Waals surface area contributed by atoms with Gasteiger partial charge >= 0.3 is 0 Å². The molecule has 0 spiro atoms. The summed E-state index contributed by atoms with van der Waals surface area (Å²) in [5, 5.41) is 9.08. The molecule has 0 saturated heterocycles. The van der Waals surface area contributed by atoms with Crippen molar-refractivity contribution in [3.05, 3.63) is 82.6 Å². The van der Waals surface area contributed by atoms with Gasteiger partial charge in [0.1, 0.15) is 5.75 Å². The lowest BCUT2D eigenvalue weighted by Gasteiger charge is -2.15. The Morgan fingerprint density at radius 1 is 1.06 bits per heavy atom. The summed E-state index contributed by atoms with van der Waals surface area (Å²) in [6.45, 7) is 3.49. The van der Waals surface area contributed by atoms with Crippen molar-refractivity contribution in [1.82, 2.24) is 10.3 Å². The number of hydrogen-bond acceptors (Lipinski definition) is 5. The van der Waals surface area contributed by atoms with E-state index in [1.165, 1.54) is 14.0 Å². The predicted octanol–water partition coefficient (Wildman–Crippen LogP) is 4.41. The van der Waals surface area contributed by atoms with Crippen molar-refractivity contribution in [3.63, 3.8) is 0 Å². The second-order valence-electron chi connectivity index (χ2n) is 7.12. The highest BCUT2D eigenvalue weighted by atomic mass is 35.5. The van der Waals surface area contributed by atoms with Crippen LogP contribution < -0.4 is 20.7 Å². The maximum absolute atomic E-state index is 13.0. The van der Waals surface area contributed by atoms with Crippen LogP contribution in [0.2, 0.25) is 5.02 Å². The Bertz CT molecular complexity index is 1180. The topological polar surface area (TPSA) is 105 Å². The molecule has 1 heterocycles. The number of carbonyl (C=O) groups excluding carboxylic acids is 2. The number of halogens is 1. The number of aliphatic imine (C=N–C) groups is 1. The zero-order valence-electron chi connectivity index (χ0n) is 18.5. The van der Waals surface area contributed by atoms with Crippen molar-refractivity contribution >= 4 is 40.7 Å². The number of nitrogens with one attached hydrogen (secondary N) is 3. The van der Waals surface area contributed by atoms with E-state index in [4.69, 9.17) is 16.3 Å². The average Bonchev–Trinajstić information content (AvgIpc) is 2.79. The summed E-state index contributed by atoms with van der Waals surface area (Å²) in [7, 11) is 1.54. The summed E-state index contributed by atoms with van der Waals surface area (Å²) < 4.78 is 5.38. The van der Waals surface area contributed by atoms with Crippen LogP contribution >= 0.6 is 11.6 Å². The zero-order chi connectivity index (χ0) is 23.8. The van der Waals surface area contributed by atoms with E-state index in [2.05, 4.69) is 25.9 Å². The van der Waals surface area contributed by atoms with Crippen LogP contribution in [0.15, 0.2) is 65.8 Å². The molecule has 0 fully saturated rings. The van der Waals surface area contributed by atoms with Crippen molar-refractivity contribution in [2.75, 3.05) is 17.7 Å². The van der Waals surface area contributed by atoms with Gasteiger partial charge < -0.3 is 15.4 Å². The van der Waals surface area contributed by atoms with Crippen LogP contribution in [0.3, 0.4) is 0 Å². The van der Waals surface area contributed by atoms with Crippen molar-refractivity contribution in [3.8, 4) is 5.75 Å². The molecule has 0 bridgehead atoms. The van der Waals surface area contributed by atoms with E-state index in [0.29, 0.717) is 27.7 Å². The molecule has 3 aromatic rings. The van der Waals surface area contributed by atoms with Crippen molar-refractivity contribution < 1.29 is 14.3 Å². The van der Waals surface area contributed by atoms with Crippen LogP contribution in [0.1, 0.15) is 28.5 Å². The summed E-state index contributed by atoms with van der Waals surface area (Å²) >= 11 is 6.14. The van der Waals surface area contributed by atoms with Gasteiger partial charge in [-0.05, 0) is 55.0 Å². The minimum absolute atomic E-state index is 0.188.